The molecule has 1 aromatic carbocycles. The molecule has 1 unspecified atom stereocenters. The Morgan fingerprint density at radius 2 is 1.80 bits per heavy atom. The molecule has 0 saturated carbocycles. The van der Waals surface area contributed by atoms with E-state index in [0.717, 1.165) is 17.7 Å². The molecule has 84 valence electrons. The van der Waals surface area contributed by atoms with Crippen LogP contribution < -0.4 is 5.48 Å². The summed E-state index contributed by atoms with van der Waals surface area (Å²) < 4.78 is 36.6. The highest BCUT2D eigenvalue weighted by molar-refractivity contribution is 5.26. The van der Waals surface area contributed by atoms with Gasteiger partial charge >= 0.3 is 6.18 Å². The highest BCUT2D eigenvalue weighted by Crippen LogP contribution is 2.29. The predicted octanol–water partition coefficient (Wildman–Crippen LogP) is 2.79. The fraction of sp³-hybridized carbons (Fsp3) is 0.400. The molecule has 0 spiro atoms. The maximum atomic E-state index is 12.2. The molecule has 0 fully saturated rings. The Morgan fingerprint density at radius 1 is 1.27 bits per heavy atom. The first-order valence-electron chi connectivity index (χ1n) is 4.49. The van der Waals surface area contributed by atoms with E-state index < -0.39 is 11.7 Å². The van der Waals surface area contributed by atoms with E-state index in [-0.39, 0.29) is 5.92 Å². The Labute approximate surface area is 85.7 Å². The summed E-state index contributed by atoms with van der Waals surface area (Å²) in [6.07, 6.45) is -4.29. The zero-order valence-electron chi connectivity index (χ0n) is 8.17. The topological polar surface area (TPSA) is 32.3 Å². The maximum absolute atomic E-state index is 12.2. The van der Waals surface area contributed by atoms with Gasteiger partial charge < -0.3 is 5.21 Å². The van der Waals surface area contributed by atoms with Crippen molar-refractivity contribution in [2.45, 2.75) is 19.0 Å². The predicted molar refractivity (Wildman–Crippen MR) is 49.6 cm³/mol. The largest absolute Gasteiger partial charge is 0.416 e. The minimum Gasteiger partial charge on any atom is -0.317 e. The lowest BCUT2D eigenvalue weighted by atomic mass is 10.00. The summed E-state index contributed by atoms with van der Waals surface area (Å²) in [4.78, 5) is 0. The Kier molecular flexibility index (Phi) is 3.71. The molecular weight excluding hydrogens is 207 g/mol. The van der Waals surface area contributed by atoms with E-state index in [2.05, 4.69) is 0 Å². The van der Waals surface area contributed by atoms with Gasteiger partial charge in [0.15, 0.2) is 0 Å². The minimum absolute atomic E-state index is 0.0303. The van der Waals surface area contributed by atoms with Crippen LogP contribution in [0.25, 0.3) is 0 Å². The van der Waals surface area contributed by atoms with Crippen LogP contribution in [-0.2, 0) is 6.18 Å². The second kappa shape index (κ2) is 4.63. The molecule has 0 aliphatic rings. The van der Waals surface area contributed by atoms with Gasteiger partial charge in [0.1, 0.15) is 0 Å². The number of nitrogens with one attached hydrogen (secondary N) is 1. The Morgan fingerprint density at radius 3 is 2.20 bits per heavy atom. The van der Waals surface area contributed by atoms with Crippen molar-refractivity contribution < 1.29 is 18.4 Å². The van der Waals surface area contributed by atoms with Crippen LogP contribution in [0.4, 0.5) is 13.2 Å². The fourth-order valence-corrected chi connectivity index (χ4v) is 1.26. The van der Waals surface area contributed by atoms with Gasteiger partial charge in [-0.05, 0) is 23.6 Å². The summed E-state index contributed by atoms with van der Waals surface area (Å²) in [5, 5.41) is 8.45. The standard InChI is InChI=1S/C10H12F3NO/c1-7(6-14-15)8-2-4-9(5-3-8)10(11,12)13/h2-5,7,14-15H,6H2,1H3. The van der Waals surface area contributed by atoms with Crippen molar-refractivity contribution in [3.8, 4) is 0 Å². The molecule has 0 radical (unpaired) electrons. The van der Waals surface area contributed by atoms with Crippen molar-refractivity contribution in [3.63, 3.8) is 0 Å². The lowest BCUT2D eigenvalue weighted by molar-refractivity contribution is -0.137. The van der Waals surface area contributed by atoms with E-state index in [1.807, 2.05) is 12.4 Å². The number of hydrogen-bond donors (Lipinski definition) is 2. The molecule has 0 aliphatic carbocycles. The lowest BCUT2D eigenvalue weighted by Crippen LogP contribution is -2.15. The van der Waals surface area contributed by atoms with Crippen LogP contribution in [0.1, 0.15) is 24.0 Å². The first kappa shape index (κ1) is 12.0. The third-order valence-corrected chi connectivity index (χ3v) is 2.20. The molecule has 0 amide bonds. The Balaban J connectivity index is 2.81. The molecule has 0 heterocycles. The molecular formula is C10H12F3NO. The average molecular weight is 219 g/mol. The Hall–Kier alpha value is -1.07. The number of hydrogen-bond acceptors (Lipinski definition) is 2. The first-order valence-corrected chi connectivity index (χ1v) is 4.49. The molecule has 0 aromatic heterocycles. The molecule has 5 heteroatoms. The van der Waals surface area contributed by atoms with Gasteiger partial charge in [-0.25, -0.2) is 5.48 Å². The van der Waals surface area contributed by atoms with Gasteiger partial charge in [-0.15, -0.1) is 0 Å². The first-order chi connectivity index (χ1) is 6.95. The number of rotatable bonds is 3. The second-order valence-corrected chi connectivity index (χ2v) is 3.38. The molecule has 1 atom stereocenters. The van der Waals surface area contributed by atoms with Crippen LogP contribution in [0.5, 0.6) is 0 Å². The van der Waals surface area contributed by atoms with Crippen molar-refractivity contribution >= 4 is 0 Å². The van der Waals surface area contributed by atoms with Crippen LogP contribution in [0.3, 0.4) is 0 Å². The summed E-state index contributed by atoms with van der Waals surface area (Å²) in [7, 11) is 0. The van der Waals surface area contributed by atoms with Crippen molar-refractivity contribution in [1.82, 2.24) is 5.48 Å². The zero-order chi connectivity index (χ0) is 11.5. The summed E-state index contributed by atoms with van der Waals surface area (Å²) in [6, 6.07) is 4.93. The highest BCUT2D eigenvalue weighted by Gasteiger charge is 2.30. The number of alkyl halides is 3. The SMILES string of the molecule is CC(CNO)c1ccc(C(F)(F)F)cc1. The van der Waals surface area contributed by atoms with Gasteiger partial charge in [-0.3, -0.25) is 0 Å². The van der Waals surface area contributed by atoms with E-state index in [4.69, 9.17) is 5.21 Å². The highest BCUT2D eigenvalue weighted by atomic mass is 19.4. The molecule has 2 nitrogen and oxygen atoms in total. The third kappa shape index (κ3) is 3.21. The van der Waals surface area contributed by atoms with Crippen LogP contribution in [0.15, 0.2) is 24.3 Å². The quantitative estimate of drug-likeness (QED) is 0.766. The number of benzene rings is 1. The van der Waals surface area contributed by atoms with Crippen molar-refractivity contribution in [1.29, 1.82) is 0 Å². The van der Waals surface area contributed by atoms with E-state index in [9.17, 15) is 13.2 Å². The Bertz CT molecular complexity index is 307. The van der Waals surface area contributed by atoms with Gasteiger partial charge in [0.05, 0.1) is 5.56 Å². The third-order valence-electron chi connectivity index (χ3n) is 2.20. The van der Waals surface area contributed by atoms with Crippen molar-refractivity contribution in [3.05, 3.63) is 35.4 Å². The summed E-state index contributed by atoms with van der Waals surface area (Å²) in [5.74, 6) is -0.0303. The summed E-state index contributed by atoms with van der Waals surface area (Å²) in [5.41, 5.74) is 2.09. The van der Waals surface area contributed by atoms with Crippen molar-refractivity contribution in [2.75, 3.05) is 6.54 Å². The molecule has 0 saturated heterocycles. The number of hydroxylamine groups is 1. The van der Waals surface area contributed by atoms with Crippen LogP contribution in [-0.4, -0.2) is 11.8 Å². The van der Waals surface area contributed by atoms with E-state index >= 15 is 0 Å². The molecule has 2 N–H and O–H groups in total. The average Bonchev–Trinajstić information content (AvgIpc) is 2.17. The van der Waals surface area contributed by atoms with Crippen LogP contribution >= 0.6 is 0 Å². The number of halogens is 3. The second-order valence-electron chi connectivity index (χ2n) is 3.38. The van der Waals surface area contributed by atoms with Crippen molar-refractivity contribution in [2.24, 2.45) is 0 Å². The minimum atomic E-state index is -4.29. The molecule has 1 rings (SSSR count). The lowest BCUT2D eigenvalue weighted by Gasteiger charge is -2.12. The molecule has 0 aliphatic heterocycles. The van der Waals surface area contributed by atoms with E-state index in [0.29, 0.717) is 6.54 Å². The van der Waals surface area contributed by atoms with Gasteiger partial charge in [0.25, 0.3) is 0 Å². The van der Waals surface area contributed by atoms with Crippen LogP contribution in [0.2, 0.25) is 0 Å². The molecule has 1 aromatic rings. The molecule has 15 heavy (non-hydrogen) atoms. The summed E-state index contributed by atoms with van der Waals surface area (Å²) in [6.45, 7) is 2.12. The maximum Gasteiger partial charge on any atom is 0.416 e. The van der Waals surface area contributed by atoms with E-state index in [1.165, 1.54) is 12.1 Å². The smallest absolute Gasteiger partial charge is 0.317 e. The van der Waals surface area contributed by atoms with Gasteiger partial charge in [-0.1, -0.05) is 19.1 Å². The van der Waals surface area contributed by atoms with Gasteiger partial charge in [0.2, 0.25) is 0 Å². The van der Waals surface area contributed by atoms with Gasteiger partial charge in [-0.2, -0.15) is 13.2 Å². The van der Waals surface area contributed by atoms with Crippen LogP contribution in [0, 0.1) is 0 Å². The monoisotopic (exact) mass is 219 g/mol. The van der Waals surface area contributed by atoms with Gasteiger partial charge in [0, 0.05) is 6.54 Å². The molecule has 0 bridgehead atoms. The fourth-order valence-electron chi connectivity index (χ4n) is 1.26. The zero-order valence-corrected chi connectivity index (χ0v) is 8.17. The normalized spacial score (nSPS) is 13.9. The summed E-state index contributed by atoms with van der Waals surface area (Å²) >= 11 is 0. The van der Waals surface area contributed by atoms with E-state index in [1.54, 1.807) is 0 Å².